The van der Waals surface area contributed by atoms with Crippen LogP contribution < -0.4 is 4.74 Å². The van der Waals surface area contributed by atoms with Crippen LogP contribution in [0.1, 0.15) is 30.1 Å². The zero-order valence-corrected chi connectivity index (χ0v) is 11.2. The fraction of sp³-hybridized carbons (Fsp3) is 0.357. The molecule has 1 aromatic carbocycles. The predicted molar refractivity (Wildman–Crippen MR) is 72.2 cm³/mol. The number of imidazole rings is 1. The quantitative estimate of drug-likeness (QED) is 0.915. The molecule has 1 aliphatic rings. The SMILES string of the molecule is OCc1cc(Cl)ccc1OCc1cncn1C1CC1. The molecule has 1 aromatic heterocycles. The smallest absolute Gasteiger partial charge is 0.130 e. The number of ether oxygens (including phenoxy) is 1. The summed E-state index contributed by atoms with van der Waals surface area (Å²) in [5.74, 6) is 0.662. The number of hydrogen-bond acceptors (Lipinski definition) is 3. The fourth-order valence-corrected chi connectivity index (χ4v) is 2.28. The Kier molecular flexibility index (Phi) is 3.44. The summed E-state index contributed by atoms with van der Waals surface area (Å²) in [4.78, 5) is 4.16. The number of nitrogens with zero attached hydrogens (tertiary/aromatic N) is 2. The molecule has 0 bridgehead atoms. The Morgan fingerprint density at radius 3 is 3.00 bits per heavy atom. The molecule has 0 aliphatic heterocycles. The summed E-state index contributed by atoms with van der Waals surface area (Å²) in [6.07, 6.45) is 6.11. The van der Waals surface area contributed by atoms with Crippen molar-refractivity contribution in [1.29, 1.82) is 0 Å². The van der Waals surface area contributed by atoms with Crippen molar-refractivity contribution < 1.29 is 9.84 Å². The molecule has 0 unspecified atom stereocenters. The third kappa shape index (κ3) is 2.74. The lowest BCUT2D eigenvalue weighted by atomic mass is 10.2. The first-order chi connectivity index (χ1) is 9.28. The summed E-state index contributed by atoms with van der Waals surface area (Å²) in [5.41, 5.74) is 1.76. The molecule has 19 heavy (non-hydrogen) atoms. The molecule has 1 saturated carbocycles. The molecule has 0 atom stereocenters. The maximum Gasteiger partial charge on any atom is 0.130 e. The van der Waals surface area contributed by atoms with Crippen LogP contribution in [0.4, 0.5) is 0 Å². The monoisotopic (exact) mass is 278 g/mol. The zero-order valence-electron chi connectivity index (χ0n) is 10.4. The first kappa shape index (κ1) is 12.5. The zero-order chi connectivity index (χ0) is 13.2. The second-order valence-electron chi connectivity index (χ2n) is 4.72. The summed E-state index contributed by atoms with van der Waals surface area (Å²) in [5, 5.41) is 9.89. The van der Waals surface area contributed by atoms with Crippen molar-refractivity contribution in [3.63, 3.8) is 0 Å². The highest BCUT2D eigenvalue weighted by atomic mass is 35.5. The van der Waals surface area contributed by atoms with Gasteiger partial charge in [-0.25, -0.2) is 4.98 Å². The van der Waals surface area contributed by atoms with Crippen LogP contribution in [0.15, 0.2) is 30.7 Å². The van der Waals surface area contributed by atoms with E-state index in [9.17, 15) is 5.11 Å². The van der Waals surface area contributed by atoms with Crippen LogP contribution in [0.5, 0.6) is 5.75 Å². The standard InChI is InChI=1S/C14H15ClN2O2/c15-11-1-4-14(10(5-11)7-18)19-8-13-6-16-9-17(13)12-2-3-12/h1,4-6,9,12,18H,2-3,7-8H2. The van der Waals surface area contributed by atoms with E-state index in [2.05, 4.69) is 9.55 Å². The van der Waals surface area contributed by atoms with Crippen LogP contribution >= 0.6 is 11.6 Å². The van der Waals surface area contributed by atoms with Gasteiger partial charge in [0.1, 0.15) is 12.4 Å². The largest absolute Gasteiger partial charge is 0.487 e. The molecule has 4 nitrogen and oxygen atoms in total. The van der Waals surface area contributed by atoms with Crippen molar-refractivity contribution in [1.82, 2.24) is 9.55 Å². The molecule has 0 spiro atoms. The second-order valence-corrected chi connectivity index (χ2v) is 5.16. The summed E-state index contributed by atoms with van der Waals surface area (Å²) >= 11 is 5.89. The van der Waals surface area contributed by atoms with Crippen LogP contribution in [-0.4, -0.2) is 14.7 Å². The molecule has 1 N–H and O–H groups in total. The van der Waals surface area contributed by atoms with E-state index in [4.69, 9.17) is 16.3 Å². The molecule has 3 rings (SSSR count). The van der Waals surface area contributed by atoms with Crippen molar-refractivity contribution in [3.8, 4) is 5.75 Å². The number of rotatable bonds is 5. The summed E-state index contributed by atoms with van der Waals surface area (Å²) < 4.78 is 7.93. The van der Waals surface area contributed by atoms with E-state index in [1.165, 1.54) is 12.8 Å². The van der Waals surface area contributed by atoms with Gasteiger partial charge in [-0.3, -0.25) is 0 Å². The van der Waals surface area contributed by atoms with Crippen molar-refractivity contribution in [3.05, 3.63) is 47.0 Å². The second kappa shape index (κ2) is 5.23. The first-order valence-electron chi connectivity index (χ1n) is 6.30. The summed E-state index contributed by atoms with van der Waals surface area (Å²) in [6.45, 7) is 0.364. The van der Waals surface area contributed by atoms with Gasteiger partial charge in [0, 0.05) is 16.6 Å². The fourth-order valence-electron chi connectivity index (χ4n) is 2.09. The lowest BCUT2D eigenvalue weighted by molar-refractivity contribution is 0.255. The molecule has 0 saturated heterocycles. The van der Waals surface area contributed by atoms with Crippen molar-refractivity contribution in [2.24, 2.45) is 0 Å². The van der Waals surface area contributed by atoms with Crippen LogP contribution in [0.25, 0.3) is 0 Å². The molecular weight excluding hydrogens is 264 g/mol. The van der Waals surface area contributed by atoms with Gasteiger partial charge in [0.25, 0.3) is 0 Å². The van der Waals surface area contributed by atoms with Gasteiger partial charge in [0.15, 0.2) is 0 Å². The molecule has 100 valence electrons. The average molecular weight is 279 g/mol. The predicted octanol–water partition coefficient (Wildman–Crippen LogP) is 2.94. The Bertz CT molecular complexity index is 579. The minimum Gasteiger partial charge on any atom is -0.487 e. The van der Waals surface area contributed by atoms with E-state index in [1.807, 2.05) is 12.5 Å². The molecule has 0 amide bonds. The van der Waals surface area contributed by atoms with Crippen LogP contribution in [0.2, 0.25) is 5.02 Å². The van der Waals surface area contributed by atoms with Gasteiger partial charge in [-0.05, 0) is 31.0 Å². The Morgan fingerprint density at radius 2 is 2.26 bits per heavy atom. The van der Waals surface area contributed by atoms with Crippen molar-refractivity contribution in [2.45, 2.75) is 32.1 Å². The van der Waals surface area contributed by atoms with E-state index in [-0.39, 0.29) is 6.61 Å². The van der Waals surface area contributed by atoms with Crippen LogP contribution in [-0.2, 0) is 13.2 Å². The van der Waals surface area contributed by atoms with E-state index in [0.29, 0.717) is 29.0 Å². The summed E-state index contributed by atoms with van der Waals surface area (Å²) in [6, 6.07) is 5.85. The Balaban J connectivity index is 1.73. The van der Waals surface area contributed by atoms with Crippen molar-refractivity contribution >= 4 is 11.6 Å². The Morgan fingerprint density at radius 1 is 1.42 bits per heavy atom. The molecular formula is C14H15ClN2O2. The highest BCUT2D eigenvalue weighted by Crippen LogP contribution is 2.35. The number of benzene rings is 1. The molecule has 0 radical (unpaired) electrons. The van der Waals surface area contributed by atoms with Gasteiger partial charge in [-0.2, -0.15) is 0 Å². The van der Waals surface area contributed by atoms with Crippen LogP contribution in [0, 0.1) is 0 Å². The Labute approximate surface area is 116 Å². The van der Waals surface area contributed by atoms with E-state index in [0.717, 1.165) is 5.69 Å². The van der Waals surface area contributed by atoms with Gasteiger partial charge in [0.05, 0.1) is 24.8 Å². The van der Waals surface area contributed by atoms with E-state index < -0.39 is 0 Å². The lowest BCUT2D eigenvalue weighted by Gasteiger charge is -2.11. The molecule has 2 aromatic rings. The number of aliphatic hydroxyl groups is 1. The highest BCUT2D eigenvalue weighted by Gasteiger charge is 2.25. The van der Waals surface area contributed by atoms with Crippen LogP contribution in [0.3, 0.4) is 0 Å². The van der Waals surface area contributed by atoms with Gasteiger partial charge in [0.2, 0.25) is 0 Å². The maximum atomic E-state index is 9.30. The normalized spacial score (nSPS) is 14.6. The minimum atomic E-state index is -0.0855. The average Bonchev–Trinajstić information content (AvgIpc) is 3.16. The topological polar surface area (TPSA) is 47.3 Å². The lowest BCUT2D eigenvalue weighted by Crippen LogP contribution is -2.04. The van der Waals surface area contributed by atoms with Gasteiger partial charge in [-0.1, -0.05) is 11.6 Å². The summed E-state index contributed by atoms with van der Waals surface area (Å²) in [7, 11) is 0. The highest BCUT2D eigenvalue weighted by molar-refractivity contribution is 6.30. The number of hydrogen-bond donors (Lipinski definition) is 1. The number of aromatic nitrogens is 2. The Hall–Kier alpha value is -1.52. The number of aliphatic hydroxyl groups excluding tert-OH is 1. The number of halogens is 1. The first-order valence-corrected chi connectivity index (χ1v) is 6.68. The molecule has 1 aliphatic carbocycles. The van der Waals surface area contributed by atoms with Gasteiger partial charge >= 0.3 is 0 Å². The van der Waals surface area contributed by atoms with E-state index >= 15 is 0 Å². The molecule has 1 heterocycles. The van der Waals surface area contributed by atoms with Gasteiger partial charge < -0.3 is 14.4 Å². The molecule has 5 heteroatoms. The van der Waals surface area contributed by atoms with E-state index in [1.54, 1.807) is 18.2 Å². The third-order valence-electron chi connectivity index (χ3n) is 3.25. The third-order valence-corrected chi connectivity index (χ3v) is 3.49. The maximum absolute atomic E-state index is 9.30. The minimum absolute atomic E-state index is 0.0855. The molecule has 1 fully saturated rings. The van der Waals surface area contributed by atoms with Crippen molar-refractivity contribution in [2.75, 3.05) is 0 Å². The van der Waals surface area contributed by atoms with Gasteiger partial charge in [-0.15, -0.1) is 0 Å².